The lowest BCUT2D eigenvalue weighted by Gasteiger charge is -2.31. The van der Waals surface area contributed by atoms with Crippen LogP contribution in [0.3, 0.4) is 0 Å². The largest absolute Gasteiger partial charge is 0.496 e. The van der Waals surface area contributed by atoms with Crippen molar-refractivity contribution in [1.82, 2.24) is 9.88 Å². The van der Waals surface area contributed by atoms with E-state index >= 15 is 0 Å². The van der Waals surface area contributed by atoms with Crippen molar-refractivity contribution in [1.29, 1.82) is 0 Å². The predicted molar refractivity (Wildman–Crippen MR) is 298 cm³/mol. The molecule has 2 aliphatic heterocycles. The summed E-state index contributed by atoms with van der Waals surface area (Å²) in [7, 11) is 9.87. The molecular weight excluding hydrogens is 959 g/mol. The number of carboxylic acids is 1. The molecule has 0 bridgehead atoms. The molecule has 0 saturated carbocycles. The Balaban J connectivity index is 0.000000154. The van der Waals surface area contributed by atoms with Gasteiger partial charge in [-0.2, -0.15) is 0 Å². The molecule has 3 heterocycles. The van der Waals surface area contributed by atoms with Gasteiger partial charge in [-0.25, -0.2) is 9.78 Å². The summed E-state index contributed by atoms with van der Waals surface area (Å²) in [6.07, 6.45) is 0. The van der Waals surface area contributed by atoms with Crippen LogP contribution in [-0.2, 0) is 19.6 Å². The van der Waals surface area contributed by atoms with Crippen molar-refractivity contribution >= 4 is 11.7 Å². The SMILES string of the molecule is COc1ccc(CN2COc3cc(C)c(C)cc3C2)cc1OC.COc1ccc(N2COc3cc(C)c(C)cc3C2)cc1OC.COc1ccccc1-c1cc(-c2ccc(C(=O)O)cc2)cc(-c2ccccc2OC)n1. The number of anilines is 1. The van der Waals surface area contributed by atoms with E-state index in [4.69, 9.17) is 42.9 Å². The molecule has 392 valence electrons. The zero-order valence-electron chi connectivity index (χ0n) is 44.9. The molecular formula is C63H65N3O10. The van der Waals surface area contributed by atoms with Gasteiger partial charge in [-0.15, -0.1) is 0 Å². The summed E-state index contributed by atoms with van der Waals surface area (Å²) in [6, 6.07) is 46.8. The third-order valence-corrected chi connectivity index (χ3v) is 13.5. The van der Waals surface area contributed by atoms with Gasteiger partial charge in [0.25, 0.3) is 0 Å². The number of para-hydroxylation sites is 2. The molecule has 8 aromatic rings. The molecule has 0 atom stereocenters. The number of carboxylic acid groups (broad SMARTS) is 1. The van der Waals surface area contributed by atoms with Gasteiger partial charge in [-0.3, -0.25) is 4.90 Å². The number of nitrogens with zero attached hydrogens (tertiary/aromatic N) is 3. The number of aromatic nitrogens is 1. The smallest absolute Gasteiger partial charge is 0.335 e. The Labute approximate surface area is 445 Å². The summed E-state index contributed by atoms with van der Waals surface area (Å²) in [5, 5.41) is 9.21. The molecule has 0 fully saturated rings. The van der Waals surface area contributed by atoms with E-state index in [9.17, 15) is 9.90 Å². The second-order valence-corrected chi connectivity index (χ2v) is 18.5. The summed E-state index contributed by atoms with van der Waals surface area (Å²) < 4.78 is 44.3. The summed E-state index contributed by atoms with van der Waals surface area (Å²) in [4.78, 5) is 20.6. The Hall–Kier alpha value is -8.68. The number of aromatic carboxylic acids is 1. The van der Waals surface area contributed by atoms with Crippen LogP contribution in [0, 0.1) is 27.7 Å². The van der Waals surface area contributed by atoms with Gasteiger partial charge in [0, 0.05) is 53.6 Å². The molecule has 13 nitrogen and oxygen atoms in total. The topological polar surface area (TPSA) is 131 Å². The number of rotatable bonds is 13. The molecule has 10 rings (SSSR count). The van der Waals surface area contributed by atoms with E-state index in [2.05, 4.69) is 67.8 Å². The normalized spacial score (nSPS) is 12.4. The van der Waals surface area contributed by atoms with E-state index in [0.717, 1.165) is 105 Å². The number of fused-ring (bicyclic) bond motifs is 2. The van der Waals surface area contributed by atoms with Crippen LogP contribution in [-0.4, -0.2) is 77.1 Å². The number of methoxy groups -OCH3 is 6. The van der Waals surface area contributed by atoms with Crippen LogP contribution in [0.2, 0.25) is 0 Å². The van der Waals surface area contributed by atoms with E-state index < -0.39 is 5.97 Å². The van der Waals surface area contributed by atoms with Gasteiger partial charge in [-0.1, -0.05) is 54.6 Å². The molecule has 0 radical (unpaired) electrons. The van der Waals surface area contributed by atoms with Gasteiger partial charge in [0.2, 0.25) is 0 Å². The molecule has 0 aliphatic carbocycles. The Kier molecular flexibility index (Phi) is 17.3. The third kappa shape index (κ3) is 12.5. The maximum absolute atomic E-state index is 11.2. The lowest BCUT2D eigenvalue weighted by atomic mass is 9.98. The van der Waals surface area contributed by atoms with Crippen molar-refractivity contribution in [3.05, 3.63) is 190 Å². The Morgan fingerprint density at radius 2 is 0.987 bits per heavy atom. The van der Waals surface area contributed by atoms with Gasteiger partial charge >= 0.3 is 5.97 Å². The third-order valence-electron chi connectivity index (χ3n) is 13.5. The lowest BCUT2D eigenvalue weighted by molar-refractivity contribution is 0.0697. The highest BCUT2D eigenvalue weighted by Gasteiger charge is 2.22. The minimum Gasteiger partial charge on any atom is -0.496 e. The van der Waals surface area contributed by atoms with Gasteiger partial charge < -0.3 is 47.9 Å². The first-order valence-electron chi connectivity index (χ1n) is 24.8. The van der Waals surface area contributed by atoms with Crippen LogP contribution < -0.4 is 42.8 Å². The fraction of sp³-hybridized carbons (Fsp3) is 0.238. The van der Waals surface area contributed by atoms with Crippen LogP contribution in [0.4, 0.5) is 5.69 Å². The molecule has 2 aliphatic rings. The van der Waals surface area contributed by atoms with Crippen molar-refractivity contribution < 1.29 is 47.8 Å². The summed E-state index contributed by atoms with van der Waals surface area (Å²) in [5.74, 6) is 5.46. The van der Waals surface area contributed by atoms with Gasteiger partial charge in [0.15, 0.2) is 29.7 Å². The van der Waals surface area contributed by atoms with Crippen LogP contribution in [0.5, 0.6) is 46.0 Å². The first-order valence-corrected chi connectivity index (χ1v) is 24.8. The van der Waals surface area contributed by atoms with E-state index in [1.807, 2.05) is 91.0 Å². The molecule has 1 aromatic heterocycles. The van der Waals surface area contributed by atoms with Gasteiger partial charge in [-0.05, 0) is 152 Å². The fourth-order valence-electron chi connectivity index (χ4n) is 9.08. The zero-order chi connectivity index (χ0) is 53.9. The molecule has 1 N–H and O–H groups in total. The van der Waals surface area contributed by atoms with Gasteiger partial charge in [0.05, 0.1) is 59.6 Å². The standard InChI is InChI=1S/C26H21NO4.C19H23NO3.C18H21NO3/c1-30-24-9-5-3-7-20(24)22-15-19(17-11-13-18(14-12-17)26(28)29)16-23(27-22)21-8-4-6-10-25(21)31-2;1-13-7-16-11-20(12-23-18(16)8-14(13)2)10-15-5-6-17(21-3)19(9-15)22-4;1-12-7-14-10-19(11-22-17(14)8-13(12)2)15-5-6-16(20-3)18(9-15)21-4/h3-16H,1-2H3,(H,28,29);5-9H,10-12H2,1-4H3;5-9H,10-11H2,1-4H3. The second kappa shape index (κ2) is 24.6. The quantitative estimate of drug-likeness (QED) is 0.118. The fourth-order valence-corrected chi connectivity index (χ4v) is 9.08. The molecule has 0 unspecified atom stereocenters. The van der Waals surface area contributed by atoms with E-state index in [1.165, 1.54) is 38.9 Å². The predicted octanol–water partition coefficient (Wildman–Crippen LogP) is 13.1. The molecule has 0 amide bonds. The molecule has 7 aromatic carbocycles. The number of carbonyl (C=O) groups is 1. The molecule has 0 spiro atoms. The number of pyridine rings is 1. The van der Waals surface area contributed by atoms with Crippen LogP contribution in [0.1, 0.15) is 49.3 Å². The summed E-state index contributed by atoms with van der Waals surface area (Å²) in [5.41, 5.74) is 15.1. The highest BCUT2D eigenvalue weighted by atomic mass is 16.5. The zero-order valence-corrected chi connectivity index (χ0v) is 44.9. The van der Waals surface area contributed by atoms with E-state index in [-0.39, 0.29) is 5.56 Å². The maximum atomic E-state index is 11.2. The number of hydrogen-bond donors (Lipinski definition) is 1. The van der Waals surface area contributed by atoms with Crippen molar-refractivity contribution in [3.63, 3.8) is 0 Å². The van der Waals surface area contributed by atoms with Crippen molar-refractivity contribution in [2.75, 3.05) is 61.0 Å². The maximum Gasteiger partial charge on any atom is 0.335 e. The number of ether oxygens (including phenoxy) is 8. The van der Waals surface area contributed by atoms with E-state index in [1.54, 1.807) is 66.9 Å². The monoisotopic (exact) mass is 1020 g/mol. The number of aryl methyl sites for hydroxylation is 4. The van der Waals surface area contributed by atoms with Crippen LogP contribution in [0.25, 0.3) is 33.6 Å². The van der Waals surface area contributed by atoms with Crippen molar-refractivity contribution in [2.45, 2.75) is 47.3 Å². The Bertz CT molecular complexity index is 3260. The minimum absolute atomic E-state index is 0.243. The van der Waals surface area contributed by atoms with Crippen molar-refractivity contribution in [3.8, 4) is 79.6 Å². The number of hydrogen-bond acceptors (Lipinski definition) is 12. The highest BCUT2D eigenvalue weighted by Crippen LogP contribution is 2.39. The molecule has 0 saturated heterocycles. The average Bonchev–Trinajstić information content (AvgIpc) is 3.46. The first-order chi connectivity index (χ1) is 36.8. The lowest BCUT2D eigenvalue weighted by Crippen LogP contribution is -2.32. The van der Waals surface area contributed by atoms with Gasteiger partial charge in [0.1, 0.15) is 29.7 Å². The van der Waals surface area contributed by atoms with Crippen molar-refractivity contribution in [2.24, 2.45) is 0 Å². The van der Waals surface area contributed by atoms with Crippen LogP contribution in [0.15, 0.2) is 146 Å². The molecule has 76 heavy (non-hydrogen) atoms. The first kappa shape index (κ1) is 53.6. The number of benzene rings is 7. The second-order valence-electron chi connectivity index (χ2n) is 18.5. The highest BCUT2D eigenvalue weighted by molar-refractivity contribution is 5.89. The Morgan fingerprint density at radius 3 is 1.53 bits per heavy atom. The average molecular weight is 1020 g/mol. The Morgan fingerprint density at radius 1 is 0.500 bits per heavy atom. The van der Waals surface area contributed by atoms with Crippen LogP contribution >= 0.6 is 0 Å². The minimum atomic E-state index is -0.953. The summed E-state index contributed by atoms with van der Waals surface area (Å²) in [6.45, 7) is 12.2. The summed E-state index contributed by atoms with van der Waals surface area (Å²) >= 11 is 0. The molecule has 13 heteroatoms. The van der Waals surface area contributed by atoms with E-state index in [0.29, 0.717) is 13.5 Å².